The third-order valence-electron chi connectivity index (χ3n) is 2.11. The lowest BCUT2D eigenvalue weighted by Gasteiger charge is -2.09. The first-order valence-corrected chi connectivity index (χ1v) is 5.62. The summed E-state index contributed by atoms with van der Waals surface area (Å²) >= 11 is 3.41. The van der Waals surface area contributed by atoms with Crippen molar-refractivity contribution in [3.8, 4) is 0 Å². The molecule has 84 valence electrons. The molecule has 0 heterocycles. The number of methoxy groups -OCH3 is 1. The predicted molar refractivity (Wildman–Crippen MR) is 59.3 cm³/mol. The Morgan fingerprint density at radius 1 is 1.40 bits per heavy atom. The Kier molecular flexibility index (Phi) is 5.19. The van der Waals surface area contributed by atoms with Crippen LogP contribution in [-0.2, 0) is 11.2 Å². The van der Waals surface area contributed by atoms with Gasteiger partial charge < -0.3 is 4.74 Å². The molecule has 0 spiro atoms. The molecule has 4 heteroatoms. The number of rotatable bonds is 5. The second-order valence-electron chi connectivity index (χ2n) is 3.30. The van der Waals surface area contributed by atoms with Crippen molar-refractivity contribution >= 4 is 15.9 Å². The summed E-state index contributed by atoms with van der Waals surface area (Å²) in [5.74, 6) is -1.54. The summed E-state index contributed by atoms with van der Waals surface area (Å²) < 4.78 is 31.0. The zero-order valence-corrected chi connectivity index (χ0v) is 10.1. The van der Waals surface area contributed by atoms with Crippen LogP contribution < -0.4 is 0 Å². The van der Waals surface area contributed by atoms with Gasteiger partial charge in [0, 0.05) is 18.5 Å². The summed E-state index contributed by atoms with van der Waals surface area (Å²) in [5.41, 5.74) is 0.396. The molecule has 0 aliphatic heterocycles. The molecule has 0 aromatic heterocycles. The van der Waals surface area contributed by atoms with Gasteiger partial charge in [-0.25, -0.2) is 8.78 Å². The van der Waals surface area contributed by atoms with Crippen molar-refractivity contribution in [3.63, 3.8) is 0 Å². The molecule has 0 aliphatic carbocycles. The van der Waals surface area contributed by atoms with Crippen LogP contribution in [0.3, 0.4) is 0 Å². The maximum absolute atomic E-state index is 13.3. The van der Waals surface area contributed by atoms with Gasteiger partial charge in [0.2, 0.25) is 0 Å². The number of hydrogen-bond acceptors (Lipinski definition) is 1. The number of hydrogen-bond donors (Lipinski definition) is 0. The van der Waals surface area contributed by atoms with Gasteiger partial charge in [-0.2, -0.15) is 0 Å². The first kappa shape index (κ1) is 12.6. The van der Waals surface area contributed by atoms with E-state index in [1.54, 1.807) is 13.2 Å². The van der Waals surface area contributed by atoms with E-state index in [1.165, 1.54) is 6.07 Å². The Balaban J connectivity index is 2.60. The lowest BCUT2D eigenvalue weighted by atomic mass is 10.1. The van der Waals surface area contributed by atoms with Crippen LogP contribution in [0.25, 0.3) is 0 Å². The van der Waals surface area contributed by atoms with Crippen molar-refractivity contribution in [2.75, 3.05) is 13.7 Å². The van der Waals surface area contributed by atoms with Crippen molar-refractivity contribution in [1.29, 1.82) is 0 Å². The first-order chi connectivity index (χ1) is 7.15. The number of ether oxygens (including phenoxy) is 1. The van der Waals surface area contributed by atoms with Crippen LogP contribution in [0, 0.1) is 11.6 Å². The highest BCUT2D eigenvalue weighted by Gasteiger charge is 2.11. The molecule has 0 saturated carbocycles. The van der Waals surface area contributed by atoms with Crippen LogP contribution in [0.4, 0.5) is 8.78 Å². The van der Waals surface area contributed by atoms with E-state index in [4.69, 9.17) is 4.74 Å². The fraction of sp³-hybridized carbons (Fsp3) is 0.455. The van der Waals surface area contributed by atoms with Gasteiger partial charge in [-0.1, -0.05) is 28.1 Å². The fourth-order valence-corrected chi connectivity index (χ4v) is 1.83. The van der Waals surface area contributed by atoms with Crippen LogP contribution in [0.2, 0.25) is 0 Å². The first-order valence-electron chi connectivity index (χ1n) is 4.71. The van der Waals surface area contributed by atoms with E-state index in [0.29, 0.717) is 18.6 Å². The average Bonchev–Trinajstić information content (AvgIpc) is 2.22. The smallest absolute Gasteiger partial charge is 0.162 e. The third-order valence-corrected chi connectivity index (χ3v) is 2.89. The second-order valence-corrected chi connectivity index (χ2v) is 4.59. The minimum atomic E-state index is -0.793. The molecule has 0 aliphatic rings. The summed E-state index contributed by atoms with van der Waals surface area (Å²) in [6.07, 6.45) is 1.24. The summed E-state index contributed by atoms with van der Waals surface area (Å²) in [6.45, 7) is 0.604. The van der Waals surface area contributed by atoms with Crippen LogP contribution in [0.15, 0.2) is 18.2 Å². The average molecular weight is 279 g/mol. The van der Waals surface area contributed by atoms with E-state index in [9.17, 15) is 8.78 Å². The van der Waals surface area contributed by atoms with Gasteiger partial charge in [0.1, 0.15) is 0 Å². The van der Waals surface area contributed by atoms with Crippen LogP contribution >= 0.6 is 15.9 Å². The minimum absolute atomic E-state index is 0.105. The molecule has 15 heavy (non-hydrogen) atoms. The van der Waals surface area contributed by atoms with Gasteiger partial charge in [-0.05, 0) is 24.5 Å². The molecule has 0 radical (unpaired) electrons. The van der Waals surface area contributed by atoms with Crippen molar-refractivity contribution in [1.82, 2.24) is 0 Å². The molecule has 1 atom stereocenters. The number of benzene rings is 1. The number of halogens is 3. The summed E-state index contributed by atoms with van der Waals surface area (Å²) in [5, 5.41) is 0. The molecule has 0 fully saturated rings. The highest BCUT2D eigenvalue weighted by Crippen LogP contribution is 2.18. The van der Waals surface area contributed by atoms with Gasteiger partial charge in [-0.15, -0.1) is 0 Å². The van der Waals surface area contributed by atoms with E-state index in [2.05, 4.69) is 15.9 Å². The molecule has 0 N–H and O–H groups in total. The Bertz CT molecular complexity index is 317. The van der Waals surface area contributed by atoms with Crippen molar-refractivity contribution in [2.45, 2.75) is 17.7 Å². The quantitative estimate of drug-likeness (QED) is 0.751. The zero-order chi connectivity index (χ0) is 11.3. The lowest BCUT2D eigenvalue weighted by molar-refractivity contribution is 0.194. The number of alkyl halides is 1. The van der Waals surface area contributed by atoms with Crippen molar-refractivity contribution < 1.29 is 13.5 Å². The Morgan fingerprint density at radius 2 is 2.13 bits per heavy atom. The standard InChI is InChI=1S/C11H13BrF2O/c1-15-6-5-9(12)7-8-3-2-4-10(13)11(8)14/h2-4,9H,5-7H2,1H3. The molecule has 1 aromatic carbocycles. The van der Waals surface area contributed by atoms with Crippen LogP contribution in [0.1, 0.15) is 12.0 Å². The third kappa shape index (κ3) is 3.87. The van der Waals surface area contributed by atoms with Crippen LogP contribution in [0.5, 0.6) is 0 Å². The van der Waals surface area contributed by atoms with Crippen LogP contribution in [-0.4, -0.2) is 18.5 Å². The minimum Gasteiger partial charge on any atom is -0.385 e. The molecule has 0 bridgehead atoms. The summed E-state index contributed by atoms with van der Waals surface area (Å²) in [4.78, 5) is 0.105. The van der Waals surface area contributed by atoms with Gasteiger partial charge in [0.05, 0.1) is 0 Å². The van der Waals surface area contributed by atoms with E-state index < -0.39 is 11.6 Å². The van der Waals surface area contributed by atoms with Crippen molar-refractivity contribution in [2.24, 2.45) is 0 Å². The van der Waals surface area contributed by atoms with Gasteiger partial charge in [0.15, 0.2) is 11.6 Å². The molecule has 0 saturated heterocycles. The molecule has 1 aromatic rings. The van der Waals surface area contributed by atoms with Gasteiger partial charge >= 0.3 is 0 Å². The molecular formula is C11H13BrF2O. The highest BCUT2D eigenvalue weighted by molar-refractivity contribution is 9.09. The molecular weight excluding hydrogens is 266 g/mol. The maximum atomic E-state index is 13.3. The van der Waals surface area contributed by atoms with E-state index in [-0.39, 0.29) is 4.83 Å². The van der Waals surface area contributed by atoms with E-state index in [1.807, 2.05) is 0 Å². The highest BCUT2D eigenvalue weighted by atomic mass is 79.9. The normalized spacial score (nSPS) is 12.8. The second kappa shape index (κ2) is 6.18. The zero-order valence-electron chi connectivity index (χ0n) is 8.47. The molecule has 1 nitrogen and oxygen atoms in total. The maximum Gasteiger partial charge on any atom is 0.162 e. The molecule has 0 amide bonds. The topological polar surface area (TPSA) is 9.23 Å². The molecule has 1 unspecified atom stereocenters. The van der Waals surface area contributed by atoms with Gasteiger partial charge in [-0.3, -0.25) is 0 Å². The Morgan fingerprint density at radius 3 is 2.80 bits per heavy atom. The largest absolute Gasteiger partial charge is 0.385 e. The fourth-order valence-electron chi connectivity index (χ4n) is 1.29. The summed E-state index contributed by atoms with van der Waals surface area (Å²) in [7, 11) is 1.61. The van der Waals surface area contributed by atoms with Crippen molar-refractivity contribution in [3.05, 3.63) is 35.4 Å². The monoisotopic (exact) mass is 278 g/mol. The Labute approximate surface area is 96.6 Å². The molecule has 1 rings (SSSR count). The van der Waals surface area contributed by atoms with Gasteiger partial charge in [0.25, 0.3) is 0 Å². The van der Waals surface area contributed by atoms with E-state index in [0.717, 1.165) is 12.5 Å². The summed E-state index contributed by atoms with van der Waals surface area (Å²) in [6, 6.07) is 4.24. The SMILES string of the molecule is COCCC(Br)Cc1cccc(F)c1F. The predicted octanol–water partition coefficient (Wildman–Crippen LogP) is 3.31. The Hall–Kier alpha value is -0.480. The lowest BCUT2D eigenvalue weighted by Crippen LogP contribution is -2.08. The van der Waals surface area contributed by atoms with E-state index >= 15 is 0 Å².